The second kappa shape index (κ2) is 3.97. The molecule has 0 aliphatic carbocycles. The largest absolute Gasteiger partial charge is 0.347 e. The van der Waals surface area contributed by atoms with E-state index in [0.29, 0.717) is 12.4 Å². The fourth-order valence-electron chi connectivity index (χ4n) is 1.09. The Labute approximate surface area is 80.3 Å². The number of nitrogens with zero attached hydrogens (tertiary/aromatic N) is 4. The van der Waals surface area contributed by atoms with Crippen LogP contribution in [0.25, 0.3) is 0 Å². The average Bonchev–Trinajstić information content (AvgIpc) is 2.87. The molecule has 0 aliphatic rings. The Bertz CT molecular complexity index is 351. The van der Waals surface area contributed by atoms with Crippen LogP contribution in [0.1, 0.15) is 24.5 Å². The van der Waals surface area contributed by atoms with Crippen molar-refractivity contribution in [3.8, 4) is 0 Å². The smallest absolute Gasteiger partial charge is 0.191 e. The molecule has 0 amide bonds. The lowest BCUT2D eigenvalue weighted by Crippen LogP contribution is -2.19. The zero-order valence-electron chi connectivity index (χ0n) is 7.73. The van der Waals surface area contributed by atoms with Crippen molar-refractivity contribution in [3.63, 3.8) is 0 Å². The van der Waals surface area contributed by atoms with E-state index in [9.17, 15) is 0 Å². The van der Waals surface area contributed by atoms with Crippen LogP contribution in [0.4, 0.5) is 0 Å². The monoisotopic (exact) mass is 193 g/mol. The first-order valence-electron chi connectivity index (χ1n) is 4.30. The Morgan fingerprint density at radius 3 is 3.14 bits per heavy atom. The number of tetrazole rings is 1. The lowest BCUT2D eigenvalue weighted by molar-refractivity contribution is 0.542. The molecule has 1 atom stereocenters. The Balaban J connectivity index is 1.87. The number of rotatable bonds is 4. The van der Waals surface area contributed by atoms with Gasteiger partial charge in [0, 0.05) is 18.4 Å². The van der Waals surface area contributed by atoms with Crippen LogP contribution in [0.5, 0.6) is 0 Å². The second-order valence-corrected chi connectivity index (χ2v) is 2.95. The third-order valence-corrected chi connectivity index (χ3v) is 1.90. The van der Waals surface area contributed by atoms with Crippen molar-refractivity contribution >= 4 is 0 Å². The summed E-state index contributed by atoms with van der Waals surface area (Å²) in [4.78, 5) is 6.92. The van der Waals surface area contributed by atoms with E-state index in [1.807, 2.05) is 6.92 Å². The molecule has 0 saturated carbocycles. The molecule has 7 heteroatoms. The van der Waals surface area contributed by atoms with Crippen LogP contribution in [-0.4, -0.2) is 30.6 Å². The molecule has 74 valence electrons. The van der Waals surface area contributed by atoms with Gasteiger partial charge in [-0.05, 0) is 6.92 Å². The van der Waals surface area contributed by atoms with Crippen molar-refractivity contribution in [3.05, 3.63) is 24.0 Å². The van der Waals surface area contributed by atoms with Gasteiger partial charge in [0.2, 0.25) is 0 Å². The molecule has 0 saturated heterocycles. The quantitative estimate of drug-likeness (QED) is 0.623. The number of hydrogen-bond donors (Lipinski definition) is 3. The van der Waals surface area contributed by atoms with E-state index in [2.05, 4.69) is 35.9 Å². The predicted molar refractivity (Wildman–Crippen MR) is 48.0 cm³/mol. The van der Waals surface area contributed by atoms with E-state index in [-0.39, 0.29) is 6.04 Å². The van der Waals surface area contributed by atoms with Gasteiger partial charge in [0.1, 0.15) is 0 Å². The third-order valence-electron chi connectivity index (χ3n) is 1.90. The second-order valence-electron chi connectivity index (χ2n) is 2.95. The highest BCUT2D eigenvalue weighted by Gasteiger charge is 2.08. The van der Waals surface area contributed by atoms with Crippen LogP contribution in [-0.2, 0) is 6.54 Å². The summed E-state index contributed by atoms with van der Waals surface area (Å²) in [5, 5.41) is 16.9. The zero-order chi connectivity index (χ0) is 9.80. The molecular weight excluding hydrogens is 182 g/mol. The van der Waals surface area contributed by atoms with Crippen LogP contribution < -0.4 is 5.32 Å². The predicted octanol–water partition coefficient (Wildman–Crippen LogP) is -0.226. The van der Waals surface area contributed by atoms with Crippen LogP contribution in [0.3, 0.4) is 0 Å². The van der Waals surface area contributed by atoms with Crippen molar-refractivity contribution in [2.24, 2.45) is 0 Å². The lowest BCUT2D eigenvalue weighted by atomic mass is 10.3. The van der Waals surface area contributed by atoms with E-state index >= 15 is 0 Å². The molecule has 0 aromatic carbocycles. The molecule has 7 nitrogen and oxygen atoms in total. The highest BCUT2D eigenvalue weighted by Crippen LogP contribution is 2.04. The minimum absolute atomic E-state index is 0.0667. The standard InChI is InChI=1S/C7H11N7/c1-5(7-11-13-14-12-7)9-3-6-2-8-4-10-6/h2,4-5,9H,3H2,1H3,(H,8,10)(H,11,12,13,14). The highest BCUT2D eigenvalue weighted by atomic mass is 15.5. The van der Waals surface area contributed by atoms with Gasteiger partial charge in [0.05, 0.1) is 12.4 Å². The van der Waals surface area contributed by atoms with Crippen molar-refractivity contribution in [2.75, 3.05) is 0 Å². The summed E-state index contributed by atoms with van der Waals surface area (Å²) < 4.78 is 0. The van der Waals surface area contributed by atoms with Crippen molar-refractivity contribution < 1.29 is 0 Å². The Morgan fingerprint density at radius 2 is 2.50 bits per heavy atom. The van der Waals surface area contributed by atoms with Gasteiger partial charge in [-0.3, -0.25) is 0 Å². The van der Waals surface area contributed by atoms with Gasteiger partial charge in [-0.15, -0.1) is 10.2 Å². The van der Waals surface area contributed by atoms with Crippen molar-refractivity contribution in [1.82, 2.24) is 35.9 Å². The van der Waals surface area contributed by atoms with Crippen LogP contribution in [0.2, 0.25) is 0 Å². The maximum Gasteiger partial charge on any atom is 0.191 e. The van der Waals surface area contributed by atoms with Crippen molar-refractivity contribution in [2.45, 2.75) is 19.5 Å². The van der Waals surface area contributed by atoms with E-state index in [4.69, 9.17) is 0 Å². The van der Waals surface area contributed by atoms with Gasteiger partial charge in [0.25, 0.3) is 0 Å². The summed E-state index contributed by atoms with van der Waals surface area (Å²) in [6.07, 6.45) is 3.42. The van der Waals surface area contributed by atoms with Gasteiger partial charge in [-0.2, -0.15) is 5.21 Å². The molecule has 2 aromatic rings. The summed E-state index contributed by atoms with van der Waals surface area (Å²) in [6, 6.07) is 0.0667. The summed E-state index contributed by atoms with van der Waals surface area (Å²) in [5.41, 5.74) is 1.03. The highest BCUT2D eigenvalue weighted by molar-refractivity contribution is 4.95. The first-order chi connectivity index (χ1) is 6.86. The number of H-pyrrole nitrogens is 2. The Hall–Kier alpha value is -1.76. The van der Waals surface area contributed by atoms with Gasteiger partial charge in [-0.25, -0.2) is 4.98 Å². The van der Waals surface area contributed by atoms with Gasteiger partial charge in [-0.1, -0.05) is 5.21 Å². The van der Waals surface area contributed by atoms with Gasteiger partial charge in [0.15, 0.2) is 5.82 Å². The fraction of sp³-hybridized carbons (Fsp3) is 0.429. The third kappa shape index (κ3) is 1.94. The summed E-state index contributed by atoms with van der Waals surface area (Å²) in [7, 11) is 0. The molecule has 0 aliphatic heterocycles. The first kappa shape index (κ1) is 8.82. The number of nitrogens with one attached hydrogen (secondary N) is 3. The molecule has 0 radical (unpaired) electrons. The molecule has 0 fully saturated rings. The van der Waals surface area contributed by atoms with E-state index in [1.54, 1.807) is 12.5 Å². The molecule has 0 bridgehead atoms. The minimum atomic E-state index is 0.0667. The first-order valence-corrected chi connectivity index (χ1v) is 4.30. The lowest BCUT2D eigenvalue weighted by Gasteiger charge is -2.07. The Kier molecular flexibility index (Phi) is 2.50. The fourth-order valence-corrected chi connectivity index (χ4v) is 1.09. The average molecular weight is 193 g/mol. The summed E-state index contributed by atoms with van der Waals surface area (Å²) in [5.74, 6) is 0.657. The summed E-state index contributed by atoms with van der Waals surface area (Å²) >= 11 is 0. The normalized spacial score (nSPS) is 12.9. The Morgan fingerprint density at radius 1 is 1.57 bits per heavy atom. The number of aromatic nitrogens is 6. The topological polar surface area (TPSA) is 95.2 Å². The number of imidazole rings is 1. The van der Waals surface area contributed by atoms with Gasteiger partial charge >= 0.3 is 0 Å². The molecule has 2 rings (SSSR count). The number of hydrogen-bond acceptors (Lipinski definition) is 5. The van der Waals surface area contributed by atoms with E-state index < -0.39 is 0 Å². The van der Waals surface area contributed by atoms with Crippen LogP contribution in [0, 0.1) is 0 Å². The minimum Gasteiger partial charge on any atom is -0.347 e. The maximum absolute atomic E-state index is 3.92. The van der Waals surface area contributed by atoms with Crippen LogP contribution in [0.15, 0.2) is 12.5 Å². The molecule has 2 heterocycles. The van der Waals surface area contributed by atoms with Crippen LogP contribution >= 0.6 is 0 Å². The van der Waals surface area contributed by atoms with E-state index in [0.717, 1.165) is 5.69 Å². The number of aromatic amines is 2. The molecule has 0 spiro atoms. The molecule has 14 heavy (non-hydrogen) atoms. The summed E-state index contributed by atoms with van der Waals surface area (Å²) in [6.45, 7) is 2.68. The molecular formula is C7H11N7. The molecule has 2 aromatic heterocycles. The zero-order valence-corrected chi connectivity index (χ0v) is 7.73. The maximum atomic E-state index is 3.92. The van der Waals surface area contributed by atoms with Gasteiger partial charge < -0.3 is 10.3 Å². The van der Waals surface area contributed by atoms with Crippen molar-refractivity contribution in [1.29, 1.82) is 0 Å². The molecule has 1 unspecified atom stereocenters. The SMILES string of the molecule is CC(NCc1cnc[nH]1)c1nn[nH]n1. The molecule has 3 N–H and O–H groups in total. The van der Waals surface area contributed by atoms with E-state index in [1.165, 1.54) is 0 Å².